The van der Waals surface area contributed by atoms with Crippen molar-refractivity contribution in [3.8, 4) is 0 Å². The van der Waals surface area contributed by atoms with Crippen LogP contribution >= 0.6 is 0 Å². The predicted molar refractivity (Wildman–Crippen MR) is 69.9 cm³/mol. The Morgan fingerprint density at radius 1 is 1.50 bits per heavy atom. The number of anilines is 1. The first-order valence-electron chi connectivity index (χ1n) is 6.42. The summed E-state index contributed by atoms with van der Waals surface area (Å²) in [5.41, 5.74) is 1.62. The van der Waals surface area contributed by atoms with Crippen molar-refractivity contribution in [3.63, 3.8) is 0 Å². The van der Waals surface area contributed by atoms with E-state index in [1.807, 2.05) is 4.90 Å². The van der Waals surface area contributed by atoms with E-state index in [9.17, 15) is 20.0 Å². The molecular formula is C13H14N2O5. The number of carbonyl (C=O) groups is 1. The number of fused-ring (bicyclic) bond motifs is 3. The smallest absolute Gasteiger partial charge is 0.309 e. The number of benzene rings is 1. The summed E-state index contributed by atoms with van der Waals surface area (Å²) < 4.78 is 5.38. The number of morpholine rings is 1. The van der Waals surface area contributed by atoms with Gasteiger partial charge in [0.25, 0.3) is 5.69 Å². The van der Waals surface area contributed by atoms with E-state index in [1.54, 1.807) is 6.07 Å². The molecule has 1 saturated heterocycles. The lowest BCUT2D eigenvalue weighted by molar-refractivity contribution is -0.384. The van der Waals surface area contributed by atoms with Crippen LogP contribution in [0.4, 0.5) is 11.4 Å². The molecule has 1 aromatic rings. The number of ether oxygens (including phenoxy) is 1. The largest absolute Gasteiger partial charge is 0.481 e. The second-order valence-electron chi connectivity index (χ2n) is 5.05. The first-order chi connectivity index (χ1) is 9.58. The molecule has 0 spiro atoms. The number of nitro groups is 1. The molecule has 0 radical (unpaired) electrons. The highest BCUT2D eigenvalue weighted by Crippen LogP contribution is 2.37. The van der Waals surface area contributed by atoms with Gasteiger partial charge < -0.3 is 14.7 Å². The maximum Gasteiger partial charge on any atom is 0.309 e. The normalized spacial score (nSPS) is 24.7. The molecule has 3 rings (SSSR count). The number of aliphatic carboxylic acids is 1. The molecule has 20 heavy (non-hydrogen) atoms. The summed E-state index contributed by atoms with van der Waals surface area (Å²) in [6.45, 7) is 1.53. The van der Waals surface area contributed by atoms with E-state index in [4.69, 9.17) is 4.74 Å². The average molecular weight is 278 g/mol. The van der Waals surface area contributed by atoms with Gasteiger partial charge in [-0.2, -0.15) is 0 Å². The molecule has 2 aliphatic rings. The Bertz CT molecular complexity index is 574. The molecule has 1 fully saturated rings. The molecule has 0 aromatic heterocycles. The Labute approximate surface area is 114 Å². The summed E-state index contributed by atoms with van der Waals surface area (Å²) in [7, 11) is 0. The van der Waals surface area contributed by atoms with Crippen LogP contribution in [0.3, 0.4) is 0 Å². The molecule has 0 aliphatic carbocycles. The summed E-state index contributed by atoms with van der Waals surface area (Å²) in [5, 5.41) is 20.2. The predicted octanol–water partition coefficient (Wildman–Crippen LogP) is 1.06. The fourth-order valence-electron chi connectivity index (χ4n) is 3.01. The maximum atomic E-state index is 11.4. The molecule has 2 atom stereocenters. The van der Waals surface area contributed by atoms with Gasteiger partial charge in [-0.05, 0) is 18.1 Å². The molecule has 7 heteroatoms. The lowest BCUT2D eigenvalue weighted by Gasteiger charge is -2.44. The third kappa shape index (κ3) is 2.00. The zero-order chi connectivity index (χ0) is 14.3. The summed E-state index contributed by atoms with van der Waals surface area (Å²) in [6.07, 6.45) is 0.302. The van der Waals surface area contributed by atoms with Crippen molar-refractivity contribution in [2.45, 2.75) is 12.5 Å². The van der Waals surface area contributed by atoms with E-state index in [0.717, 1.165) is 11.3 Å². The van der Waals surface area contributed by atoms with E-state index in [0.29, 0.717) is 26.2 Å². The molecule has 0 amide bonds. The zero-order valence-electron chi connectivity index (χ0n) is 10.7. The van der Waals surface area contributed by atoms with Crippen molar-refractivity contribution < 1.29 is 19.6 Å². The first kappa shape index (κ1) is 12.9. The average Bonchev–Trinajstić information content (AvgIpc) is 2.45. The third-order valence-electron chi connectivity index (χ3n) is 3.97. The number of carboxylic acid groups (broad SMARTS) is 1. The Balaban J connectivity index is 2.04. The number of hydrogen-bond donors (Lipinski definition) is 1. The standard InChI is InChI=1S/C13H14N2O5/c16-13(17)10-6-8-5-9(15(18)19)1-2-11(8)14-3-4-20-7-12(10)14/h1-2,5,10,12H,3-4,6-7H2,(H,16,17)/t10-,12-/m1/s1. The van der Waals surface area contributed by atoms with Gasteiger partial charge in [0.05, 0.1) is 30.1 Å². The van der Waals surface area contributed by atoms with Crippen LogP contribution in [-0.2, 0) is 16.0 Å². The SMILES string of the molecule is O=C(O)[C@@H]1Cc2cc([N+](=O)[O-])ccc2N2CCOC[C@H]12. The van der Waals surface area contributed by atoms with Gasteiger partial charge in [-0.15, -0.1) is 0 Å². The van der Waals surface area contributed by atoms with E-state index < -0.39 is 16.8 Å². The molecule has 1 N–H and O–H groups in total. The first-order valence-corrected chi connectivity index (χ1v) is 6.42. The molecular weight excluding hydrogens is 264 g/mol. The third-order valence-corrected chi connectivity index (χ3v) is 3.97. The highest BCUT2D eigenvalue weighted by atomic mass is 16.6. The zero-order valence-corrected chi connectivity index (χ0v) is 10.7. The van der Waals surface area contributed by atoms with Gasteiger partial charge in [0.1, 0.15) is 0 Å². The van der Waals surface area contributed by atoms with Crippen molar-refractivity contribution >= 4 is 17.3 Å². The van der Waals surface area contributed by atoms with Crippen molar-refractivity contribution in [1.82, 2.24) is 0 Å². The lowest BCUT2D eigenvalue weighted by atomic mass is 9.85. The van der Waals surface area contributed by atoms with Crippen LogP contribution < -0.4 is 4.90 Å². The van der Waals surface area contributed by atoms with Gasteiger partial charge in [-0.3, -0.25) is 14.9 Å². The highest BCUT2D eigenvalue weighted by Gasteiger charge is 2.40. The van der Waals surface area contributed by atoms with Crippen LogP contribution in [0.5, 0.6) is 0 Å². The Morgan fingerprint density at radius 3 is 3.00 bits per heavy atom. The van der Waals surface area contributed by atoms with Crippen LogP contribution in [0, 0.1) is 16.0 Å². The van der Waals surface area contributed by atoms with Crippen LogP contribution in [-0.4, -0.2) is 41.8 Å². The summed E-state index contributed by atoms with van der Waals surface area (Å²) in [4.78, 5) is 23.8. The fraction of sp³-hybridized carbons (Fsp3) is 0.462. The van der Waals surface area contributed by atoms with E-state index in [2.05, 4.69) is 0 Å². The second kappa shape index (κ2) is 4.75. The molecule has 2 aliphatic heterocycles. The van der Waals surface area contributed by atoms with Crippen LogP contribution in [0.1, 0.15) is 5.56 Å². The van der Waals surface area contributed by atoms with Crippen LogP contribution in [0.25, 0.3) is 0 Å². The van der Waals surface area contributed by atoms with Gasteiger partial charge in [-0.1, -0.05) is 0 Å². The summed E-state index contributed by atoms with van der Waals surface area (Å²) >= 11 is 0. The van der Waals surface area contributed by atoms with Crippen LogP contribution in [0.2, 0.25) is 0 Å². The maximum absolute atomic E-state index is 11.4. The molecule has 0 unspecified atom stereocenters. The monoisotopic (exact) mass is 278 g/mol. The van der Waals surface area contributed by atoms with Gasteiger partial charge in [0.15, 0.2) is 0 Å². The molecule has 0 saturated carbocycles. The molecule has 0 bridgehead atoms. The van der Waals surface area contributed by atoms with Gasteiger partial charge in [-0.25, -0.2) is 0 Å². The molecule has 106 valence electrons. The van der Waals surface area contributed by atoms with Crippen molar-refractivity contribution in [3.05, 3.63) is 33.9 Å². The second-order valence-corrected chi connectivity index (χ2v) is 5.05. The fourth-order valence-corrected chi connectivity index (χ4v) is 3.01. The number of carboxylic acids is 1. The Hall–Kier alpha value is -2.15. The van der Waals surface area contributed by atoms with Crippen molar-refractivity contribution in [2.75, 3.05) is 24.7 Å². The lowest BCUT2D eigenvalue weighted by Crippen LogP contribution is -2.54. The number of hydrogen-bond acceptors (Lipinski definition) is 5. The summed E-state index contributed by atoms with van der Waals surface area (Å²) in [6, 6.07) is 4.46. The number of rotatable bonds is 2. The van der Waals surface area contributed by atoms with Gasteiger partial charge in [0.2, 0.25) is 0 Å². The number of non-ortho nitro benzene ring substituents is 1. The minimum atomic E-state index is -0.886. The van der Waals surface area contributed by atoms with E-state index in [1.165, 1.54) is 12.1 Å². The number of nitrogens with zero attached hydrogens (tertiary/aromatic N) is 2. The van der Waals surface area contributed by atoms with E-state index in [-0.39, 0.29) is 11.7 Å². The number of nitro benzene ring substituents is 1. The Morgan fingerprint density at radius 2 is 2.30 bits per heavy atom. The highest BCUT2D eigenvalue weighted by molar-refractivity contribution is 5.75. The van der Waals surface area contributed by atoms with Crippen molar-refractivity contribution in [2.24, 2.45) is 5.92 Å². The summed E-state index contributed by atoms with van der Waals surface area (Å²) in [5.74, 6) is -1.48. The van der Waals surface area contributed by atoms with Gasteiger partial charge in [0, 0.05) is 24.4 Å². The van der Waals surface area contributed by atoms with Crippen molar-refractivity contribution in [1.29, 1.82) is 0 Å². The van der Waals surface area contributed by atoms with Crippen LogP contribution in [0.15, 0.2) is 18.2 Å². The van der Waals surface area contributed by atoms with E-state index >= 15 is 0 Å². The minimum absolute atomic E-state index is 0.000372. The molecule has 2 heterocycles. The Kier molecular flexibility index (Phi) is 3.06. The topological polar surface area (TPSA) is 92.9 Å². The quantitative estimate of drug-likeness (QED) is 0.642. The molecule has 1 aromatic carbocycles. The molecule has 7 nitrogen and oxygen atoms in total. The van der Waals surface area contributed by atoms with Gasteiger partial charge >= 0.3 is 5.97 Å². The minimum Gasteiger partial charge on any atom is -0.481 e.